The average Bonchev–Trinajstić information content (AvgIpc) is 2.16. The molecule has 84 valence electrons. The first-order chi connectivity index (χ1) is 7.06. The summed E-state index contributed by atoms with van der Waals surface area (Å²) in [5.74, 6) is 0.418. The molecular weight excluding hydrogens is 272 g/mol. The monoisotopic (exact) mass is 281 g/mol. The van der Waals surface area contributed by atoms with Gasteiger partial charge in [-0.15, -0.1) is 0 Å². The lowest BCUT2D eigenvalue weighted by Crippen LogP contribution is -2.03. The van der Waals surface area contributed by atoms with Crippen LogP contribution in [0.4, 0.5) is 8.78 Å². The molecule has 0 fully saturated rings. The van der Waals surface area contributed by atoms with Crippen molar-refractivity contribution in [3.8, 4) is 5.75 Å². The second-order valence-corrected chi connectivity index (χ2v) is 3.59. The second-order valence-electron chi connectivity index (χ2n) is 2.84. The van der Waals surface area contributed by atoms with Gasteiger partial charge in [-0.2, -0.15) is 0 Å². The molecule has 0 atom stereocenters. The van der Waals surface area contributed by atoms with E-state index >= 15 is 0 Å². The van der Waals surface area contributed by atoms with Crippen molar-refractivity contribution in [1.29, 1.82) is 0 Å². The second kappa shape index (κ2) is 5.37. The third kappa shape index (κ3) is 3.10. The van der Waals surface area contributed by atoms with Crippen molar-refractivity contribution < 1.29 is 18.3 Å². The minimum Gasteiger partial charge on any atom is -0.464 e. The fraction of sp³-hybridized carbons (Fsp3) is 0.444. The number of halogens is 3. The molecule has 1 heterocycles. The van der Waals surface area contributed by atoms with Crippen LogP contribution in [-0.2, 0) is 4.74 Å². The maximum Gasteiger partial charge on any atom is 0.280 e. The molecule has 0 N–H and O–H groups in total. The molecule has 0 aliphatic heterocycles. The van der Waals surface area contributed by atoms with E-state index in [4.69, 9.17) is 9.47 Å². The van der Waals surface area contributed by atoms with Crippen molar-refractivity contribution in [2.45, 2.75) is 13.3 Å². The zero-order valence-electron chi connectivity index (χ0n) is 8.26. The number of hydrogen-bond acceptors (Lipinski definition) is 3. The van der Waals surface area contributed by atoms with Crippen LogP contribution in [0, 0.1) is 6.92 Å². The highest BCUT2D eigenvalue weighted by Crippen LogP contribution is 2.30. The zero-order valence-corrected chi connectivity index (χ0v) is 9.85. The molecule has 0 spiro atoms. The van der Waals surface area contributed by atoms with Gasteiger partial charge in [0.15, 0.2) is 12.5 Å². The van der Waals surface area contributed by atoms with E-state index in [0.29, 0.717) is 11.3 Å². The minimum atomic E-state index is -2.59. The van der Waals surface area contributed by atoms with Gasteiger partial charge < -0.3 is 9.47 Å². The SMILES string of the molecule is COCOc1c(C)cc(C(F)F)nc1Br. The first-order valence-corrected chi connectivity index (χ1v) is 4.92. The molecular formula is C9H10BrF2NO2. The number of aryl methyl sites for hydroxylation is 1. The molecule has 0 saturated carbocycles. The van der Waals surface area contributed by atoms with Crippen LogP contribution in [0.1, 0.15) is 17.7 Å². The minimum absolute atomic E-state index is 0.0507. The van der Waals surface area contributed by atoms with E-state index in [1.807, 2.05) is 0 Å². The average molecular weight is 282 g/mol. The molecule has 0 saturated heterocycles. The van der Waals surface area contributed by atoms with Gasteiger partial charge in [0.1, 0.15) is 10.3 Å². The summed E-state index contributed by atoms with van der Waals surface area (Å²) >= 11 is 3.07. The summed E-state index contributed by atoms with van der Waals surface area (Å²) < 4.78 is 34.9. The summed E-state index contributed by atoms with van der Waals surface area (Å²) in [7, 11) is 1.48. The van der Waals surface area contributed by atoms with Gasteiger partial charge >= 0.3 is 0 Å². The zero-order chi connectivity index (χ0) is 11.4. The number of methoxy groups -OCH3 is 1. The summed E-state index contributed by atoms with van der Waals surface area (Å²) in [6.07, 6.45) is -2.59. The third-order valence-electron chi connectivity index (χ3n) is 1.68. The summed E-state index contributed by atoms with van der Waals surface area (Å²) in [6, 6.07) is 1.29. The van der Waals surface area contributed by atoms with Crippen LogP contribution in [0.3, 0.4) is 0 Å². The third-order valence-corrected chi connectivity index (χ3v) is 2.22. The Balaban J connectivity index is 2.99. The number of nitrogens with zero attached hydrogens (tertiary/aromatic N) is 1. The highest BCUT2D eigenvalue weighted by Gasteiger charge is 2.15. The summed E-state index contributed by atoms with van der Waals surface area (Å²) in [5, 5.41) is 0. The smallest absolute Gasteiger partial charge is 0.280 e. The highest BCUT2D eigenvalue weighted by molar-refractivity contribution is 9.10. The predicted molar refractivity (Wildman–Crippen MR) is 54.1 cm³/mol. The van der Waals surface area contributed by atoms with Gasteiger partial charge in [-0.3, -0.25) is 0 Å². The van der Waals surface area contributed by atoms with Crippen LogP contribution < -0.4 is 4.74 Å². The van der Waals surface area contributed by atoms with Gasteiger partial charge in [0, 0.05) is 7.11 Å². The number of pyridine rings is 1. The highest BCUT2D eigenvalue weighted by atomic mass is 79.9. The van der Waals surface area contributed by atoms with Gasteiger partial charge in [-0.25, -0.2) is 13.8 Å². The lowest BCUT2D eigenvalue weighted by molar-refractivity contribution is 0.0495. The Morgan fingerprint density at radius 3 is 2.67 bits per heavy atom. The first-order valence-electron chi connectivity index (χ1n) is 4.13. The van der Waals surface area contributed by atoms with Crippen molar-refractivity contribution in [1.82, 2.24) is 4.98 Å². The molecule has 0 amide bonds. The molecule has 0 unspecified atom stereocenters. The maximum atomic E-state index is 12.4. The van der Waals surface area contributed by atoms with Crippen LogP contribution >= 0.6 is 15.9 Å². The quantitative estimate of drug-likeness (QED) is 0.628. The van der Waals surface area contributed by atoms with E-state index in [0.717, 1.165) is 0 Å². The number of alkyl halides is 2. The van der Waals surface area contributed by atoms with E-state index < -0.39 is 6.43 Å². The summed E-state index contributed by atoms with van der Waals surface area (Å²) in [5.41, 5.74) is 0.313. The summed E-state index contributed by atoms with van der Waals surface area (Å²) in [6.45, 7) is 1.72. The Morgan fingerprint density at radius 2 is 2.20 bits per heavy atom. The number of aromatic nitrogens is 1. The van der Waals surface area contributed by atoms with E-state index in [9.17, 15) is 8.78 Å². The van der Waals surface area contributed by atoms with E-state index in [2.05, 4.69) is 20.9 Å². The van der Waals surface area contributed by atoms with Gasteiger partial charge in [-0.05, 0) is 34.5 Å². The number of hydrogen-bond donors (Lipinski definition) is 0. The standard InChI is InChI=1S/C9H10BrF2NO2/c1-5-3-6(9(11)12)13-8(10)7(5)15-4-14-2/h3,9H,4H2,1-2H3. The maximum absolute atomic E-state index is 12.4. The largest absolute Gasteiger partial charge is 0.464 e. The fourth-order valence-electron chi connectivity index (χ4n) is 1.05. The molecule has 1 rings (SSSR count). The van der Waals surface area contributed by atoms with Crippen LogP contribution in [0.5, 0.6) is 5.75 Å². The topological polar surface area (TPSA) is 31.4 Å². The Kier molecular flexibility index (Phi) is 4.41. The molecule has 0 radical (unpaired) electrons. The fourth-order valence-corrected chi connectivity index (χ4v) is 1.68. The molecule has 0 aromatic carbocycles. The van der Waals surface area contributed by atoms with Crippen molar-refractivity contribution in [3.63, 3.8) is 0 Å². The molecule has 1 aromatic rings. The van der Waals surface area contributed by atoms with Crippen molar-refractivity contribution in [2.24, 2.45) is 0 Å². The predicted octanol–water partition coefficient (Wildman–Crippen LogP) is 3.07. The van der Waals surface area contributed by atoms with Gasteiger partial charge in [0.25, 0.3) is 6.43 Å². The Bertz CT molecular complexity index is 324. The van der Waals surface area contributed by atoms with Crippen LogP contribution in [-0.4, -0.2) is 18.9 Å². The Labute approximate surface area is 94.5 Å². The lowest BCUT2D eigenvalue weighted by atomic mass is 10.2. The summed E-state index contributed by atoms with van der Waals surface area (Å²) in [4.78, 5) is 3.67. The molecule has 6 heteroatoms. The lowest BCUT2D eigenvalue weighted by Gasteiger charge is -2.11. The van der Waals surface area contributed by atoms with Gasteiger partial charge in [0.2, 0.25) is 0 Å². The number of ether oxygens (including phenoxy) is 2. The molecule has 3 nitrogen and oxygen atoms in total. The van der Waals surface area contributed by atoms with Crippen molar-refractivity contribution in [3.05, 3.63) is 21.9 Å². The van der Waals surface area contributed by atoms with Gasteiger partial charge in [0.05, 0.1) is 0 Å². The van der Waals surface area contributed by atoms with E-state index in [1.54, 1.807) is 6.92 Å². The molecule has 15 heavy (non-hydrogen) atoms. The molecule has 0 aliphatic rings. The Morgan fingerprint density at radius 1 is 1.53 bits per heavy atom. The van der Waals surface area contributed by atoms with Crippen LogP contribution in [0.25, 0.3) is 0 Å². The van der Waals surface area contributed by atoms with Crippen LogP contribution in [0.2, 0.25) is 0 Å². The Hall–Kier alpha value is -0.750. The molecule has 1 aromatic heterocycles. The van der Waals surface area contributed by atoms with E-state index in [1.165, 1.54) is 13.2 Å². The molecule has 0 aliphatic carbocycles. The van der Waals surface area contributed by atoms with Crippen LogP contribution in [0.15, 0.2) is 10.7 Å². The first kappa shape index (κ1) is 12.3. The van der Waals surface area contributed by atoms with Gasteiger partial charge in [-0.1, -0.05) is 0 Å². The van der Waals surface area contributed by atoms with E-state index in [-0.39, 0.29) is 17.1 Å². The van der Waals surface area contributed by atoms with Crippen molar-refractivity contribution >= 4 is 15.9 Å². The molecule has 0 bridgehead atoms. The number of rotatable bonds is 4. The normalized spacial score (nSPS) is 10.8. The van der Waals surface area contributed by atoms with Crippen molar-refractivity contribution in [2.75, 3.05) is 13.9 Å².